The second kappa shape index (κ2) is 1.52. The van der Waals surface area contributed by atoms with E-state index in [1.54, 1.807) is 0 Å². The molecule has 0 spiro atoms. The predicted octanol–water partition coefficient (Wildman–Crippen LogP) is -2.09. The third-order valence-electron chi connectivity index (χ3n) is 0.543. The van der Waals surface area contributed by atoms with Gasteiger partial charge in [0, 0.05) is 0 Å². The zero-order valence-corrected chi connectivity index (χ0v) is 5.88. The van der Waals surface area contributed by atoms with Crippen LogP contribution in [0.3, 0.4) is 0 Å². The summed E-state index contributed by atoms with van der Waals surface area (Å²) < 4.78 is 5.12. The molecule has 0 saturated carbocycles. The van der Waals surface area contributed by atoms with Crippen LogP contribution in [0.2, 0.25) is 0 Å². The van der Waals surface area contributed by atoms with E-state index in [1.807, 2.05) is 0 Å². The van der Waals surface area contributed by atoms with E-state index in [1.165, 1.54) is 0 Å². The van der Waals surface area contributed by atoms with E-state index in [4.69, 9.17) is 5.73 Å². The minimum absolute atomic E-state index is 0.157. The molecule has 0 saturated heterocycles. The van der Waals surface area contributed by atoms with E-state index in [9.17, 15) is 0 Å². The van der Waals surface area contributed by atoms with Gasteiger partial charge < -0.3 is 10.3 Å². The molecule has 1 aromatic rings. The Labute approximate surface area is 48.1 Å². The molecule has 5 heteroatoms. The van der Waals surface area contributed by atoms with Crippen molar-refractivity contribution in [3.63, 3.8) is 0 Å². The Bertz CT molecular complexity index is 145. The molecule has 0 fully saturated rings. The van der Waals surface area contributed by atoms with Crippen LogP contribution in [-0.4, -0.2) is 26.4 Å². The average Bonchev–Trinajstić information content (AvgIpc) is 1.87. The van der Waals surface area contributed by atoms with Gasteiger partial charge in [0.1, 0.15) is 0 Å². The second-order valence-corrected chi connectivity index (χ2v) is 2.07. The first-order valence-corrected chi connectivity index (χ1v) is 2.85. The van der Waals surface area contributed by atoms with Crippen LogP contribution in [0.5, 0.6) is 0 Å². The zero-order valence-electron chi connectivity index (χ0n) is 3.88. The summed E-state index contributed by atoms with van der Waals surface area (Å²) in [6, 6.07) is 0.157. The Morgan fingerprint density at radius 3 is 2.57 bits per heavy atom. The van der Waals surface area contributed by atoms with E-state index in [0.717, 1.165) is 16.3 Å². The fourth-order valence-corrected chi connectivity index (χ4v) is 0.625. The fourth-order valence-electron chi connectivity index (χ4n) is 0.313. The van der Waals surface area contributed by atoms with Crippen LogP contribution < -0.4 is 10.4 Å². The molecular formula is C2H4AlN3O. The van der Waals surface area contributed by atoms with E-state index < -0.39 is 0 Å². The highest BCUT2D eigenvalue weighted by Crippen LogP contribution is 1.82. The molecule has 2 N–H and O–H groups in total. The Balaban J connectivity index is 3.04. The first kappa shape index (κ1) is 4.63. The van der Waals surface area contributed by atoms with Crippen LogP contribution in [0.4, 0.5) is 6.01 Å². The number of nitrogens with zero attached hydrogens (tertiary/aromatic N) is 2. The van der Waals surface area contributed by atoms with Crippen molar-refractivity contribution >= 4 is 27.0 Å². The Kier molecular flexibility index (Phi) is 1.01. The van der Waals surface area contributed by atoms with Gasteiger partial charge in [-0.05, 0) is 0 Å². The molecule has 36 valence electrons. The maximum absolute atomic E-state index is 5.06. The highest BCUT2D eigenvalue weighted by atomic mass is 27.0. The number of rotatable bonds is 0. The maximum Gasteiger partial charge on any atom is 0.327 e. The largest absolute Gasteiger partial charge is 0.351 e. The van der Waals surface area contributed by atoms with Crippen LogP contribution in [0.1, 0.15) is 0 Å². The minimum atomic E-state index is 0.157. The summed E-state index contributed by atoms with van der Waals surface area (Å²) >= 11 is 0.799. The van der Waals surface area contributed by atoms with Crippen LogP contribution in [0, 0.1) is 0 Å². The average molecular weight is 113 g/mol. The molecule has 1 aromatic heterocycles. The summed E-state index contributed by atoms with van der Waals surface area (Å²) in [6.07, 6.45) is 0. The lowest BCUT2D eigenvalue weighted by molar-refractivity contribution is 0.439. The molecule has 0 aromatic carbocycles. The highest BCUT2D eigenvalue weighted by molar-refractivity contribution is 6.28. The van der Waals surface area contributed by atoms with E-state index in [2.05, 4.69) is 14.7 Å². The molecular weight excluding hydrogens is 109 g/mol. The summed E-state index contributed by atoms with van der Waals surface area (Å²) in [5.74, 6) is 0. The molecule has 0 unspecified atom stereocenters. The maximum atomic E-state index is 5.06. The van der Waals surface area contributed by atoms with E-state index in [-0.39, 0.29) is 6.01 Å². The number of nitrogen functional groups attached to an aromatic ring is 1. The Morgan fingerprint density at radius 1 is 1.71 bits per heavy atom. The number of hydrogen-bond acceptors (Lipinski definition) is 4. The van der Waals surface area contributed by atoms with Crippen molar-refractivity contribution in [3.8, 4) is 0 Å². The Hall–Kier alpha value is -0.528. The standard InChI is InChI=1S/C2H2N3O.Al.2H/c3-2-4-1-5-6-2;;;/h(H2,3,4,5);;;. The predicted molar refractivity (Wildman–Crippen MR) is 26.9 cm³/mol. The van der Waals surface area contributed by atoms with Crippen molar-refractivity contribution in [2.24, 2.45) is 0 Å². The van der Waals surface area contributed by atoms with Crippen molar-refractivity contribution < 1.29 is 4.52 Å². The van der Waals surface area contributed by atoms with Crippen molar-refractivity contribution in [1.29, 1.82) is 0 Å². The molecule has 0 aliphatic heterocycles. The lowest BCUT2D eigenvalue weighted by Gasteiger charge is -1.66. The summed E-state index contributed by atoms with van der Waals surface area (Å²) in [6.45, 7) is 0. The first-order valence-electron chi connectivity index (χ1n) is 1.85. The number of anilines is 1. The van der Waals surface area contributed by atoms with Gasteiger partial charge in [-0.15, -0.1) is 0 Å². The summed E-state index contributed by atoms with van der Waals surface area (Å²) in [4.78, 5) is 3.67. The van der Waals surface area contributed by atoms with Gasteiger partial charge in [-0.1, -0.05) is 5.16 Å². The van der Waals surface area contributed by atoms with Crippen molar-refractivity contribution in [1.82, 2.24) is 10.1 Å². The second-order valence-electron chi connectivity index (χ2n) is 1.18. The zero-order chi connectivity index (χ0) is 5.28. The molecule has 1 rings (SSSR count). The summed E-state index contributed by atoms with van der Waals surface area (Å²) in [5.41, 5.74) is 5.06. The number of aromatic nitrogens is 2. The Morgan fingerprint density at radius 2 is 2.43 bits per heavy atom. The van der Waals surface area contributed by atoms with Crippen LogP contribution in [0.25, 0.3) is 0 Å². The highest BCUT2D eigenvalue weighted by Gasteiger charge is 1.90. The molecule has 0 aliphatic rings. The molecule has 0 bridgehead atoms. The third kappa shape index (κ3) is 0.919. The lowest BCUT2D eigenvalue weighted by atomic mass is 11.2. The quantitative estimate of drug-likeness (QED) is 0.392. The lowest BCUT2D eigenvalue weighted by Crippen LogP contribution is -2.05. The topological polar surface area (TPSA) is 64.9 Å². The molecule has 0 aliphatic carbocycles. The van der Waals surface area contributed by atoms with Gasteiger partial charge >= 0.3 is 22.3 Å². The van der Waals surface area contributed by atoms with Crippen molar-refractivity contribution in [2.45, 2.75) is 0 Å². The smallest absolute Gasteiger partial charge is 0.327 e. The minimum Gasteiger partial charge on any atom is -0.351 e. The first-order chi connectivity index (χ1) is 3.29. The number of nitrogens with two attached hydrogens (primary N) is 1. The molecule has 1 heterocycles. The molecule has 0 atom stereocenters. The van der Waals surface area contributed by atoms with Gasteiger partial charge in [-0.2, -0.15) is 4.98 Å². The van der Waals surface area contributed by atoms with Gasteiger partial charge in [0.05, 0.1) is 4.69 Å². The van der Waals surface area contributed by atoms with Gasteiger partial charge in [-0.25, -0.2) is 0 Å². The number of hydrogen-bond donors (Lipinski definition) is 1. The molecule has 0 amide bonds. The molecule has 4 nitrogen and oxygen atoms in total. The van der Waals surface area contributed by atoms with Crippen LogP contribution in [-0.2, 0) is 0 Å². The summed E-state index contributed by atoms with van der Waals surface area (Å²) in [7, 11) is 0. The van der Waals surface area contributed by atoms with Gasteiger partial charge in [0.15, 0.2) is 0 Å². The van der Waals surface area contributed by atoms with Crippen LogP contribution >= 0.6 is 0 Å². The van der Waals surface area contributed by atoms with Crippen LogP contribution in [0.15, 0.2) is 4.52 Å². The van der Waals surface area contributed by atoms with Gasteiger partial charge in [0.25, 0.3) is 0 Å². The summed E-state index contributed by atoms with van der Waals surface area (Å²) in [5, 5.41) is 3.47. The van der Waals surface area contributed by atoms with Crippen molar-refractivity contribution in [3.05, 3.63) is 0 Å². The van der Waals surface area contributed by atoms with Gasteiger partial charge in [0.2, 0.25) is 0 Å². The molecule has 0 radical (unpaired) electrons. The van der Waals surface area contributed by atoms with Crippen molar-refractivity contribution in [2.75, 3.05) is 5.73 Å². The van der Waals surface area contributed by atoms with Gasteiger partial charge in [-0.3, -0.25) is 0 Å². The van der Waals surface area contributed by atoms with E-state index in [0.29, 0.717) is 4.69 Å². The van der Waals surface area contributed by atoms with E-state index >= 15 is 0 Å². The normalized spacial score (nSPS) is 9.14. The SMILES string of the molecule is Nc1n[c]([AlH2])no1. The fraction of sp³-hybridized carbons (Fsp3) is 0. The monoisotopic (exact) mass is 113 g/mol. The molecule has 7 heavy (non-hydrogen) atoms. The third-order valence-corrected chi connectivity index (χ3v) is 0.949.